The summed E-state index contributed by atoms with van der Waals surface area (Å²) in [5, 5.41) is 6.09. The number of carbonyl (C=O) groups is 2. The van der Waals surface area contributed by atoms with Gasteiger partial charge in [0.15, 0.2) is 0 Å². The van der Waals surface area contributed by atoms with Gasteiger partial charge in [0.1, 0.15) is 0 Å². The predicted molar refractivity (Wildman–Crippen MR) is 167 cm³/mol. The number of amides is 2. The number of nitrogens with one attached hydrogen (secondary N) is 2. The van der Waals surface area contributed by atoms with Gasteiger partial charge in [-0.25, -0.2) is 0 Å². The zero-order valence-corrected chi connectivity index (χ0v) is 26.0. The fourth-order valence-corrected chi connectivity index (χ4v) is 5.14. The number of hydrogen-bond acceptors (Lipinski definition) is 2. The molecule has 0 aliphatic heterocycles. The Morgan fingerprint density at radius 1 is 0.342 bits per heavy atom. The van der Waals surface area contributed by atoms with E-state index in [4.69, 9.17) is 0 Å². The standard InChI is InChI=1S/C34H68N2O2/c1-3-5-7-9-11-13-15-17-19-21-23-27-31-35-33(37)29-25-26-30-34(38)36-32-28-24-22-20-18-16-14-12-10-8-6-4-2/h3-32H2,1-2H3,(H,35,37)(H,36,38). The summed E-state index contributed by atoms with van der Waals surface area (Å²) in [6, 6.07) is 0. The summed E-state index contributed by atoms with van der Waals surface area (Å²) in [4.78, 5) is 24.0. The Labute approximate surface area is 238 Å². The molecule has 0 bridgehead atoms. The van der Waals surface area contributed by atoms with Crippen LogP contribution in [0.4, 0.5) is 0 Å². The van der Waals surface area contributed by atoms with Gasteiger partial charge in [0, 0.05) is 25.9 Å². The molecule has 0 radical (unpaired) electrons. The Hall–Kier alpha value is -1.06. The molecule has 226 valence electrons. The molecule has 0 spiro atoms. The minimum Gasteiger partial charge on any atom is -0.356 e. The molecule has 0 aliphatic rings. The van der Waals surface area contributed by atoms with Gasteiger partial charge in [0.25, 0.3) is 0 Å². The van der Waals surface area contributed by atoms with Crippen LogP contribution in [-0.2, 0) is 9.59 Å². The van der Waals surface area contributed by atoms with E-state index in [0.717, 1.165) is 38.8 Å². The van der Waals surface area contributed by atoms with Crippen molar-refractivity contribution >= 4 is 11.8 Å². The molecule has 0 aromatic carbocycles. The fraction of sp³-hybridized carbons (Fsp3) is 0.941. The molecule has 0 aromatic heterocycles. The van der Waals surface area contributed by atoms with Crippen LogP contribution in [0.2, 0.25) is 0 Å². The quantitative estimate of drug-likeness (QED) is 0.0866. The molecular formula is C34H68N2O2. The second kappa shape index (κ2) is 32.2. The third-order valence-electron chi connectivity index (χ3n) is 7.76. The van der Waals surface area contributed by atoms with Crippen LogP contribution < -0.4 is 10.6 Å². The average Bonchev–Trinajstić information content (AvgIpc) is 2.92. The monoisotopic (exact) mass is 537 g/mol. The van der Waals surface area contributed by atoms with Crippen LogP contribution in [0, 0.1) is 0 Å². The van der Waals surface area contributed by atoms with Gasteiger partial charge in [-0.1, -0.05) is 155 Å². The maximum atomic E-state index is 12.0. The van der Waals surface area contributed by atoms with Crippen molar-refractivity contribution in [1.82, 2.24) is 10.6 Å². The smallest absolute Gasteiger partial charge is 0.219 e. The van der Waals surface area contributed by atoms with Crippen molar-refractivity contribution in [1.29, 1.82) is 0 Å². The van der Waals surface area contributed by atoms with E-state index < -0.39 is 0 Å². The second-order valence-corrected chi connectivity index (χ2v) is 11.7. The average molecular weight is 537 g/mol. The lowest BCUT2D eigenvalue weighted by molar-refractivity contribution is -0.123. The molecule has 2 amide bonds. The van der Waals surface area contributed by atoms with Crippen molar-refractivity contribution in [3.63, 3.8) is 0 Å². The third-order valence-corrected chi connectivity index (χ3v) is 7.76. The van der Waals surface area contributed by atoms with Crippen molar-refractivity contribution in [3.05, 3.63) is 0 Å². The largest absolute Gasteiger partial charge is 0.356 e. The maximum absolute atomic E-state index is 12.0. The number of carbonyl (C=O) groups excluding carboxylic acids is 2. The van der Waals surface area contributed by atoms with E-state index in [1.165, 1.54) is 141 Å². The van der Waals surface area contributed by atoms with Crippen LogP contribution in [0.25, 0.3) is 0 Å². The molecule has 0 fully saturated rings. The lowest BCUT2D eigenvalue weighted by atomic mass is 10.1. The molecule has 4 heteroatoms. The molecular weight excluding hydrogens is 468 g/mol. The number of rotatable bonds is 31. The first kappa shape index (κ1) is 36.9. The van der Waals surface area contributed by atoms with E-state index in [9.17, 15) is 9.59 Å². The summed E-state index contributed by atoms with van der Waals surface area (Å²) >= 11 is 0. The Bertz CT molecular complexity index is 451. The molecule has 0 atom stereocenters. The van der Waals surface area contributed by atoms with Crippen molar-refractivity contribution in [2.24, 2.45) is 0 Å². The van der Waals surface area contributed by atoms with Gasteiger partial charge >= 0.3 is 0 Å². The SMILES string of the molecule is CCCCCCCCCCCCCCNC(=O)CCCCC(=O)NCCCCCCCCCCCCCC. The van der Waals surface area contributed by atoms with Gasteiger partial charge in [-0.3, -0.25) is 9.59 Å². The van der Waals surface area contributed by atoms with E-state index >= 15 is 0 Å². The molecule has 0 aromatic rings. The Balaban J connectivity index is 3.27. The van der Waals surface area contributed by atoms with Crippen LogP contribution in [0.3, 0.4) is 0 Å². The second-order valence-electron chi connectivity index (χ2n) is 11.7. The number of unbranched alkanes of at least 4 members (excludes halogenated alkanes) is 23. The highest BCUT2D eigenvalue weighted by atomic mass is 16.2. The predicted octanol–water partition coefficient (Wildman–Crippen LogP) is 10.2. The fourth-order valence-electron chi connectivity index (χ4n) is 5.14. The first-order valence-electron chi connectivity index (χ1n) is 17.2. The summed E-state index contributed by atoms with van der Waals surface area (Å²) in [7, 11) is 0. The van der Waals surface area contributed by atoms with Crippen molar-refractivity contribution in [2.75, 3.05) is 13.1 Å². The van der Waals surface area contributed by atoms with Crippen LogP contribution in [0.5, 0.6) is 0 Å². The van der Waals surface area contributed by atoms with Gasteiger partial charge in [-0.05, 0) is 25.7 Å². The van der Waals surface area contributed by atoms with Gasteiger partial charge in [0.2, 0.25) is 11.8 Å². The van der Waals surface area contributed by atoms with Crippen LogP contribution in [-0.4, -0.2) is 24.9 Å². The summed E-state index contributed by atoms with van der Waals surface area (Å²) in [6.45, 7) is 6.15. The number of hydrogen-bond donors (Lipinski definition) is 2. The summed E-state index contributed by atoms with van der Waals surface area (Å²) in [5.74, 6) is 0.287. The van der Waals surface area contributed by atoms with Crippen LogP contribution in [0.1, 0.15) is 194 Å². The van der Waals surface area contributed by atoms with Crippen LogP contribution >= 0.6 is 0 Å². The minimum absolute atomic E-state index is 0.143. The highest BCUT2D eigenvalue weighted by Crippen LogP contribution is 2.13. The van der Waals surface area contributed by atoms with Crippen molar-refractivity contribution in [2.45, 2.75) is 194 Å². The Morgan fingerprint density at radius 2 is 0.579 bits per heavy atom. The van der Waals surface area contributed by atoms with Crippen LogP contribution in [0.15, 0.2) is 0 Å². The lowest BCUT2D eigenvalue weighted by Gasteiger charge is -2.07. The summed E-state index contributed by atoms with van der Waals surface area (Å²) < 4.78 is 0. The lowest BCUT2D eigenvalue weighted by Crippen LogP contribution is -2.25. The molecule has 0 unspecified atom stereocenters. The topological polar surface area (TPSA) is 58.2 Å². The van der Waals surface area contributed by atoms with Gasteiger partial charge in [-0.15, -0.1) is 0 Å². The van der Waals surface area contributed by atoms with E-state index in [1.807, 2.05) is 0 Å². The van der Waals surface area contributed by atoms with E-state index in [-0.39, 0.29) is 11.8 Å². The van der Waals surface area contributed by atoms with Gasteiger partial charge in [-0.2, -0.15) is 0 Å². The third kappa shape index (κ3) is 31.2. The molecule has 4 nitrogen and oxygen atoms in total. The molecule has 0 saturated carbocycles. The maximum Gasteiger partial charge on any atom is 0.219 e. The summed E-state index contributed by atoms with van der Waals surface area (Å²) in [6.07, 6.45) is 34.8. The highest BCUT2D eigenvalue weighted by Gasteiger charge is 2.04. The van der Waals surface area contributed by atoms with Gasteiger partial charge < -0.3 is 10.6 Å². The van der Waals surface area contributed by atoms with E-state index in [0.29, 0.717) is 12.8 Å². The Kier molecular flexibility index (Phi) is 31.3. The zero-order valence-electron chi connectivity index (χ0n) is 26.0. The minimum atomic E-state index is 0.143. The van der Waals surface area contributed by atoms with Crippen molar-refractivity contribution in [3.8, 4) is 0 Å². The molecule has 0 heterocycles. The first-order valence-corrected chi connectivity index (χ1v) is 17.2. The first-order chi connectivity index (χ1) is 18.7. The molecule has 0 aliphatic carbocycles. The van der Waals surface area contributed by atoms with E-state index in [1.54, 1.807) is 0 Å². The highest BCUT2D eigenvalue weighted by molar-refractivity contribution is 5.77. The molecule has 38 heavy (non-hydrogen) atoms. The Morgan fingerprint density at radius 3 is 0.842 bits per heavy atom. The molecule has 0 rings (SSSR count). The van der Waals surface area contributed by atoms with E-state index in [2.05, 4.69) is 24.5 Å². The van der Waals surface area contributed by atoms with Gasteiger partial charge in [0.05, 0.1) is 0 Å². The normalized spacial score (nSPS) is 11.1. The summed E-state index contributed by atoms with van der Waals surface area (Å²) in [5.41, 5.74) is 0. The molecule has 2 N–H and O–H groups in total. The zero-order chi connectivity index (χ0) is 27.8. The molecule has 0 saturated heterocycles. The van der Waals surface area contributed by atoms with Crippen molar-refractivity contribution < 1.29 is 9.59 Å².